The second-order valence-corrected chi connectivity index (χ2v) is 6.38. The Morgan fingerprint density at radius 3 is 2.35 bits per heavy atom. The summed E-state index contributed by atoms with van der Waals surface area (Å²) in [6.45, 7) is 10.9. The zero-order chi connectivity index (χ0) is 14.9. The lowest BCUT2D eigenvalue weighted by Crippen LogP contribution is -2.46. The maximum atomic E-state index is 5.95. The second kappa shape index (κ2) is 6.25. The van der Waals surface area contributed by atoms with E-state index in [4.69, 9.17) is 10.6 Å². The number of rotatable bonds is 4. The average molecular weight is 276 g/mol. The SMILES string of the molecule is Cc1ccc(CC(NN)C2C(C)OC(C)C2C)cc1C. The van der Waals surface area contributed by atoms with Crippen LogP contribution >= 0.6 is 0 Å². The number of nitrogens with one attached hydrogen (secondary N) is 1. The van der Waals surface area contributed by atoms with E-state index in [9.17, 15) is 0 Å². The quantitative estimate of drug-likeness (QED) is 0.656. The van der Waals surface area contributed by atoms with Gasteiger partial charge in [0, 0.05) is 12.0 Å². The molecule has 0 bridgehead atoms. The molecule has 0 aromatic heterocycles. The van der Waals surface area contributed by atoms with Gasteiger partial charge in [-0.3, -0.25) is 11.3 Å². The van der Waals surface area contributed by atoms with Crippen molar-refractivity contribution in [3.63, 3.8) is 0 Å². The first kappa shape index (κ1) is 15.5. The van der Waals surface area contributed by atoms with Gasteiger partial charge in [-0.15, -0.1) is 0 Å². The van der Waals surface area contributed by atoms with Crippen molar-refractivity contribution in [2.75, 3.05) is 0 Å². The molecule has 0 aliphatic carbocycles. The molecule has 1 heterocycles. The Morgan fingerprint density at radius 2 is 1.85 bits per heavy atom. The Kier molecular flexibility index (Phi) is 4.84. The predicted octanol–water partition coefficient (Wildman–Crippen LogP) is 2.74. The zero-order valence-electron chi connectivity index (χ0n) is 13.3. The summed E-state index contributed by atoms with van der Waals surface area (Å²) in [7, 11) is 0. The van der Waals surface area contributed by atoms with Crippen LogP contribution < -0.4 is 11.3 Å². The van der Waals surface area contributed by atoms with Gasteiger partial charge in [-0.1, -0.05) is 25.1 Å². The number of hydrogen-bond acceptors (Lipinski definition) is 3. The lowest BCUT2D eigenvalue weighted by Gasteiger charge is -2.28. The van der Waals surface area contributed by atoms with Crippen LogP contribution in [0.15, 0.2) is 18.2 Å². The van der Waals surface area contributed by atoms with Crippen LogP contribution in [-0.2, 0) is 11.2 Å². The monoisotopic (exact) mass is 276 g/mol. The third-order valence-corrected chi connectivity index (χ3v) is 5.02. The van der Waals surface area contributed by atoms with E-state index >= 15 is 0 Å². The summed E-state index contributed by atoms with van der Waals surface area (Å²) in [4.78, 5) is 0. The number of aryl methyl sites for hydroxylation is 2. The first-order chi connectivity index (χ1) is 9.43. The van der Waals surface area contributed by atoms with Gasteiger partial charge in [-0.25, -0.2) is 0 Å². The van der Waals surface area contributed by atoms with E-state index in [-0.39, 0.29) is 12.1 Å². The van der Waals surface area contributed by atoms with Crippen molar-refractivity contribution < 1.29 is 4.74 Å². The Labute approximate surface area is 122 Å². The van der Waals surface area contributed by atoms with Crippen molar-refractivity contribution in [2.45, 2.75) is 59.3 Å². The maximum absolute atomic E-state index is 5.95. The molecule has 2 rings (SSSR count). The van der Waals surface area contributed by atoms with Gasteiger partial charge >= 0.3 is 0 Å². The summed E-state index contributed by atoms with van der Waals surface area (Å²) < 4.78 is 5.95. The average Bonchev–Trinajstić information content (AvgIpc) is 2.65. The van der Waals surface area contributed by atoms with Crippen LogP contribution in [0.3, 0.4) is 0 Å². The molecule has 5 atom stereocenters. The Hall–Kier alpha value is -0.900. The van der Waals surface area contributed by atoms with E-state index < -0.39 is 0 Å². The van der Waals surface area contributed by atoms with Crippen LogP contribution in [0, 0.1) is 25.7 Å². The van der Waals surface area contributed by atoms with Crippen LogP contribution in [0.4, 0.5) is 0 Å². The standard InChI is InChI=1S/C17H28N2O/c1-10-6-7-15(8-11(10)2)9-16(19-18)17-12(3)13(4)20-14(17)5/h6-8,12-14,16-17,19H,9,18H2,1-5H3. The topological polar surface area (TPSA) is 47.3 Å². The minimum absolute atomic E-state index is 0.257. The summed E-state index contributed by atoms with van der Waals surface area (Å²) in [6.07, 6.45) is 1.52. The molecule has 1 fully saturated rings. The van der Waals surface area contributed by atoms with Gasteiger partial charge in [0.1, 0.15) is 0 Å². The molecule has 3 N–H and O–H groups in total. The highest BCUT2D eigenvalue weighted by molar-refractivity contribution is 5.30. The molecule has 1 saturated heterocycles. The molecule has 112 valence electrons. The molecule has 0 amide bonds. The fraction of sp³-hybridized carbons (Fsp3) is 0.647. The molecule has 0 saturated carbocycles. The summed E-state index contributed by atoms with van der Waals surface area (Å²) in [5, 5.41) is 0. The Balaban J connectivity index is 2.14. The molecule has 1 aromatic rings. The number of hydrazine groups is 1. The Morgan fingerprint density at radius 1 is 1.15 bits per heavy atom. The van der Waals surface area contributed by atoms with Crippen LogP contribution in [0.2, 0.25) is 0 Å². The second-order valence-electron chi connectivity index (χ2n) is 6.38. The summed E-state index contributed by atoms with van der Waals surface area (Å²) in [5.41, 5.74) is 7.05. The van der Waals surface area contributed by atoms with Crippen LogP contribution in [0.1, 0.15) is 37.5 Å². The fourth-order valence-electron chi connectivity index (χ4n) is 3.48. The highest BCUT2D eigenvalue weighted by Gasteiger charge is 2.41. The van der Waals surface area contributed by atoms with Gasteiger partial charge in [-0.05, 0) is 56.7 Å². The predicted molar refractivity (Wildman–Crippen MR) is 83.4 cm³/mol. The number of hydrogen-bond donors (Lipinski definition) is 2. The number of benzene rings is 1. The van der Waals surface area contributed by atoms with Crippen LogP contribution in [0.25, 0.3) is 0 Å². The molecule has 1 aliphatic heterocycles. The van der Waals surface area contributed by atoms with Crippen LogP contribution in [-0.4, -0.2) is 18.2 Å². The highest BCUT2D eigenvalue weighted by Crippen LogP contribution is 2.35. The zero-order valence-corrected chi connectivity index (χ0v) is 13.3. The van der Waals surface area contributed by atoms with Gasteiger partial charge < -0.3 is 4.74 Å². The fourth-order valence-corrected chi connectivity index (χ4v) is 3.48. The first-order valence-electron chi connectivity index (χ1n) is 7.61. The van der Waals surface area contributed by atoms with E-state index in [1.165, 1.54) is 16.7 Å². The Bertz CT molecular complexity index is 460. The lowest BCUT2D eigenvalue weighted by molar-refractivity contribution is 0.0476. The van der Waals surface area contributed by atoms with Crippen molar-refractivity contribution >= 4 is 0 Å². The van der Waals surface area contributed by atoms with E-state index in [1.54, 1.807) is 0 Å². The molecule has 1 aliphatic rings. The van der Waals surface area contributed by atoms with Crippen molar-refractivity contribution in [3.05, 3.63) is 34.9 Å². The normalized spacial score (nSPS) is 31.5. The van der Waals surface area contributed by atoms with Crippen LogP contribution in [0.5, 0.6) is 0 Å². The highest BCUT2D eigenvalue weighted by atomic mass is 16.5. The van der Waals surface area contributed by atoms with Crippen molar-refractivity contribution in [3.8, 4) is 0 Å². The third-order valence-electron chi connectivity index (χ3n) is 5.02. The number of nitrogens with two attached hydrogens (primary N) is 1. The van der Waals surface area contributed by atoms with E-state index in [2.05, 4.69) is 58.2 Å². The largest absolute Gasteiger partial charge is 0.375 e. The summed E-state index contributed by atoms with van der Waals surface area (Å²) in [5.74, 6) is 6.81. The summed E-state index contributed by atoms with van der Waals surface area (Å²) >= 11 is 0. The molecular formula is C17H28N2O. The van der Waals surface area contributed by atoms with Crippen molar-refractivity contribution in [1.82, 2.24) is 5.43 Å². The van der Waals surface area contributed by atoms with Gasteiger partial charge in [0.25, 0.3) is 0 Å². The molecule has 20 heavy (non-hydrogen) atoms. The molecule has 0 radical (unpaired) electrons. The lowest BCUT2D eigenvalue weighted by atomic mass is 9.81. The molecule has 0 spiro atoms. The minimum Gasteiger partial charge on any atom is -0.375 e. The van der Waals surface area contributed by atoms with Crippen molar-refractivity contribution in [1.29, 1.82) is 0 Å². The van der Waals surface area contributed by atoms with Gasteiger partial charge in [0.15, 0.2) is 0 Å². The van der Waals surface area contributed by atoms with Gasteiger partial charge in [0.2, 0.25) is 0 Å². The van der Waals surface area contributed by atoms with E-state index in [1.807, 2.05) is 0 Å². The molecule has 1 aromatic carbocycles. The third kappa shape index (κ3) is 3.05. The molecule has 3 heteroatoms. The smallest absolute Gasteiger partial charge is 0.0597 e. The van der Waals surface area contributed by atoms with Crippen molar-refractivity contribution in [2.24, 2.45) is 17.7 Å². The number of ether oxygens (including phenoxy) is 1. The first-order valence-corrected chi connectivity index (χ1v) is 7.61. The maximum Gasteiger partial charge on any atom is 0.0597 e. The van der Waals surface area contributed by atoms with E-state index in [0.29, 0.717) is 17.9 Å². The summed E-state index contributed by atoms with van der Waals surface area (Å²) in [6, 6.07) is 6.93. The minimum atomic E-state index is 0.257. The van der Waals surface area contributed by atoms with E-state index in [0.717, 1.165) is 6.42 Å². The molecule has 5 unspecified atom stereocenters. The molecule has 3 nitrogen and oxygen atoms in total. The van der Waals surface area contributed by atoms with Gasteiger partial charge in [-0.2, -0.15) is 0 Å². The molecular weight excluding hydrogens is 248 g/mol. The van der Waals surface area contributed by atoms with Gasteiger partial charge in [0.05, 0.1) is 12.2 Å².